The molecule has 0 fully saturated rings. The van der Waals surface area contributed by atoms with Crippen molar-refractivity contribution < 1.29 is 23.8 Å². The Kier molecular flexibility index (Phi) is 7.88. The zero-order valence-corrected chi connectivity index (χ0v) is 17.3. The van der Waals surface area contributed by atoms with Crippen LogP contribution in [0.15, 0.2) is 24.3 Å². The molecule has 0 saturated heterocycles. The van der Waals surface area contributed by atoms with Crippen molar-refractivity contribution in [3.8, 4) is 11.5 Å². The maximum atomic E-state index is 12.0. The fourth-order valence-corrected chi connectivity index (χ4v) is 3.06. The van der Waals surface area contributed by atoms with Gasteiger partial charge >= 0.3 is 5.97 Å². The first kappa shape index (κ1) is 22.5. The Labute approximate surface area is 161 Å². The molecule has 0 bridgehead atoms. The van der Waals surface area contributed by atoms with E-state index < -0.39 is 5.97 Å². The van der Waals surface area contributed by atoms with E-state index in [2.05, 4.69) is 26.1 Å². The molecule has 0 unspecified atom stereocenters. The van der Waals surface area contributed by atoms with Crippen LogP contribution in [0.25, 0.3) is 6.08 Å². The lowest BCUT2D eigenvalue weighted by Crippen LogP contribution is -2.47. The molecule has 0 radical (unpaired) electrons. The first-order valence-corrected chi connectivity index (χ1v) is 8.83. The second-order valence-corrected chi connectivity index (χ2v) is 8.26. The molecule has 0 heterocycles. The molecule has 1 aromatic rings. The number of ether oxygens (including phenoxy) is 3. The summed E-state index contributed by atoms with van der Waals surface area (Å²) in [5.74, 6) is 0.306. The summed E-state index contributed by atoms with van der Waals surface area (Å²) in [5, 5.41) is 2.90. The van der Waals surface area contributed by atoms with Crippen molar-refractivity contribution in [1.82, 2.24) is 5.32 Å². The first-order chi connectivity index (χ1) is 12.4. The Morgan fingerprint density at radius 1 is 1.00 bits per heavy atom. The number of benzene rings is 1. The quantitative estimate of drug-likeness (QED) is 0.554. The number of methoxy groups -OCH3 is 2. The maximum Gasteiger partial charge on any atom is 0.331 e. The largest absolute Gasteiger partial charge is 0.497 e. The van der Waals surface area contributed by atoms with Crippen LogP contribution < -0.4 is 14.8 Å². The summed E-state index contributed by atoms with van der Waals surface area (Å²) in [5.41, 5.74) is 0.418. The van der Waals surface area contributed by atoms with E-state index in [4.69, 9.17) is 14.2 Å². The van der Waals surface area contributed by atoms with Crippen LogP contribution in [0, 0.1) is 5.41 Å². The van der Waals surface area contributed by atoms with Gasteiger partial charge in [-0.2, -0.15) is 0 Å². The number of rotatable bonds is 8. The number of amides is 1. The summed E-state index contributed by atoms with van der Waals surface area (Å²) >= 11 is 0. The summed E-state index contributed by atoms with van der Waals surface area (Å²) in [6.45, 7) is 9.91. The van der Waals surface area contributed by atoms with Gasteiger partial charge in [0.25, 0.3) is 5.91 Å². The Morgan fingerprint density at radius 2 is 1.56 bits per heavy atom. The summed E-state index contributed by atoms with van der Waals surface area (Å²) < 4.78 is 15.4. The Hall–Kier alpha value is -2.50. The molecular weight excluding hydrogens is 346 g/mol. The first-order valence-electron chi connectivity index (χ1n) is 8.83. The summed E-state index contributed by atoms with van der Waals surface area (Å²) in [4.78, 5) is 23.9. The molecule has 0 aliphatic carbocycles. The van der Waals surface area contributed by atoms with Gasteiger partial charge in [-0.3, -0.25) is 4.79 Å². The Bertz CT molecular complexity index is 664. The van der Waals surface area contributed by atoms with E-state index in [9.17, 15) is 9.59 Å². The lowest BCUT2D eigenvalue weighted by molar-refractivity contribution is -0.144. The van der Waals surface area contributed by atoms with Crippen molar-refractivity contribution in [2.45, 2.75) is 46.6 Å². The third-order valence-electron chi connectivity index (χ3n) is 3.58. The van der Waals surface area contributed by atoms with Crippen molar-refractivity contribution in [2.75, 3.05) is 20.8 Å². The van der Waals surface area contributed by atoms with Gasteiger partial charge in [-0.1, -0.05) is 20.8 Å². The van der Waals surface area contributed by atoms with E-state index in [0.717, 1.165) is 12.0 Å². The van der Waals surface area contributed by atoms with Crippen LogP contribution in [-0.4, -0.2) is 38.2 Å². The number of carbonyl (C=O) groups excluding carboxylic acids is 2. The highest BCUT2D eigenvalue weighted by Crippen LogP contribution is 2.26. The van der Waals surface area contributed by atoms with Gasteiger partial charge in [-0.15, -0.1) is 0 Å². The van der Waals surface area contributed by atoms with Gasteiger partial charge in [0, 0.05) is 17.7 Å². The van der Waals surface area contributed by atoms with Gasteiger partial charge in [0.15, 0.2) is 6.61 Å². The molecule has 1 amide bonds. The van der Waals surface area contributed by atoms with Gasteiger partial charge in [0.1, 0.15) is 11.5 Å². The zero-order valence-electron chi connectivity index (χ0n) is 17.3. The van der Waals surface area contributed by atoms with Crippen LogP contribution in [0.3, 0.4) is 0 Å². The molecule has 0 aromatic heterocycles. The van der Waals surface area contributed by atoms with Crippen molar-refractivity contribution in [3.05, 3.63) is 29.8 Å². The second-order valence-electron chi connectivity index (χ2n) is 8.26. The molecule has 0 spiro atoms. The molecule has 27 heavy (non-hydrogen) atoms. The third kappa shape index (κ3) is 9.13. The maximum absolute atomic E-state index is 12.0. The van der Waals surface area contributed by atoms with Crippen molar-refractivity contribution in [2.24, 2.45) is 5.41 Å². The van der Waals surface area contributed by atoms with Crippen molar-refractivity contribution in [3.63, 3.8) is 0 Å². The molecule has 1 aromatic carbocycles. The molecule has 6 heteroatoms. The zero-order chi connectivity index (χ0) is 20.7. The lowest BCUT2D eigenvalue weighted by atomic mass is 9.82. The van der Waals surface area contributed by atoms with Crippen LogP contribution in [0.1, 0.15) is 46.6 Å². The number of carbonyl (C=O) groups is 2. The minimum absolute atomic E-state index is 0.0774. The molecule has 150 valence electrons. The highest BCUT2D eigenvalue weighted by molar-refractivity contribution is 5.89. The normalized spacial score (nSPS) is 12.0. The van der Waals surface area contributed by atoms with Gasteiger partial charge < -0.3 is 19.5 Å². The van der Waals surface area contributed by atoms with E-state index in [-0.39, 0.29) is 23.5 Å². The number of hydrogen-bond acceptors (Lipinski definition) is 5. The van der Waals surface area contributed by atoms with E-state index in [1.165, 1.54) is 6.08 Å². The van der Waals surface area contributed by atoms with Crippen LogP contribution >= 0.6 is 0 Å². The third-order valence-corrected chi connectivity index (χ3v) is 3.58. The number of esters is 1. The highest BCUT2D eigenvalue weighted by atomic mass is 16.5. The smallest absolute Gasteiger partial charge is 0.331 e. The summed E-state index contributed by atoms with van der Waals surface area (Å²) in [6.07, 6.45) is 3.65. The summed E-state index contributed by atoms with van der Waals surface area (Å²) in [7, 11) is 3.10. The monoisotopic (exact) mass is 377 g/mol. The molecule has 0 saturated carbocycles. The molecule has 6 nitrogen and oxygen atoms in total. The molecule has 1 rings (SSSR count). The topological polar surface area (TPSA) is 73.9 Å². The molecular formula is C21H31NO5. The summed E-state index contributed by atoms with van der Waals surface area (Å²) in [6, 6.07) is 5.25. The molecule has 0 atom stereocenters. The average molecular weight is 377 g/mol. The standard InChI is InChI=1S/C21H31NO5/c1-20(2,3)14-21(4,5)22-18(23)13-27-19(24)9-8-15-10-16(25-6)12-17(11-15)26-7/h8-12H,13-14H2,1-7H3,(H,22,23)/b9-8+. The van der Waals surface area contributed by atoms with Crippen LogP contribution in [0.4, 0.5) is 0 Å². The Balaban J connectivity index is 2.58. The molecule has 1 N–H and O–H groups in total. The van der Waals surface area contributed by atoms with E-state index in [1.54, 1.807) is 38.5 Å². The number of hydrogen-bond donors (Lipinski definition) is 1. The average Bonchev–Trinajstić information content (AvgIpc) is 2.55. The van der Waals surface area contributed by atoms with Gasteiger partial charge in [0.05, 0.1) is 14.2 Å². The number of nitrogens with one attached hydrogen (secondary N) is 1. The Morgan fingerprint density at radius 3 is 2.04 bits per heavy atom. The minimum atomic E-state index is -0.597. The van der Waals surface area contributed by atoms with Crippen molar-refractivity contribution >= 4 is 18.0 Å². The molecule has 0 aliphatic rings. The van der Waals surface area contributed by atoms with Crippen LogP contribution in [0.2, 0.25) is 0 Å². The van der Waals surface area contributed by atoms with Crippen LogP contribution in [-0.2, 0) is 14.3 Å². The SMILES string of the molecule is COc1cc(/C=C/C(=O)OCC(=O)NC(C)(C)CC(C)(C)C)cc(OC)c1. The fourth-order valence-electron chi connectivity index (χ4n) is 3.06. The van der Waals surface area contributed by atoms with Crippen molar-refractivity contribution in [1.29, 1.82) is 0 Å². The van der Waals surface area contributed by atoms with E-state index in [1.807, 2.05) is 13.8 Å². The van der Waals surface area contributed by atoms with Gasteiger partial charge in [0.2, 0.25) is 0 Å². The predicted molar refractivity (Wildman–Crippen MR) is 106 cm³/mol. The van der Waals surface area contributed by atoms with E-state index in [0.29, 0.717) is 11.5 Å². The highest BCUT2D eigenvalue weighted by Gasteiger charge is 2.27. The van der Waals surface area contributed by atoms with Crippen LogP contribution in [0.5, 0.6) is 11.5 Å². The second kappa shape index (κ2) is 9.44. The van der Waals surface area contributed by atoms with E-state index >= 15 is 0 Å². The fraction of sp³-hybridized carbons (Fsp3) is 0.524. The predicted octanol–water partition coefficient (Wildman–Crippen LogP) is 3.59. The lowest BCUT2D eigenvalue weighted by Gasteiger charge is -2.33. The molecule has 0 aliphatic heterocycles. The minimum Gasteiger partial charge on any atom is -0.497 e. The van der Waals surface area contributed by atoms with Gasteiger partial charge in [-0.05, 0) is 49.5 Å². The van der Waals surface area contributed by atoms with Gasteiger partial charge in [-0.25, -0.2) is 4.79 Å².